The number of likely N-dealkylation sites (tertiary alicyclic amines) is 1. The summed E-state index contributed by atoms with van der Waals surface area (Å²) in [4.78, 5) is 49.9. The summed E-state index contributed by atoms with van der Waals surface area (Å²) in [6, 6.07) is -1.52. The van der Waals surface area contributed by atoms with Gasteiger partial charge < -0.3 is 20.1 Å². The molecule has 2 atom stereocenters. The van der Waals surface area contributed by atoms with Crippen molar-refractivity contribution in [2.24, 2.45) is 5.92 Å². The van der Waals surface area contributed by atoms with Gasteiger partial charge in [-0.2, -0.15) is 0 Å². The van der Waals surface area contributed by atoms with Crippen molar-refractivity contribution in [3.63, 3.8) is 0 Å². The average molecular weight is 385 g/mol. The van der Waals surface area contributed by atoms with Crippen LogP contribution in [0.1, 0.15) is 47.5 Å². The van der Waals surface area contributed by atoms with E-state index in [-0.39, 0.29) is 12.5 Å². The van der Waals surface area contributed by atoms with Crippen molar-refractivity contribution in [2.45, 2.75) is 65.1 Å². The summed E-state index contributed by atoms with van der Waals surface area (Å²) in [6.07, 6.45) is 0.633. The van der Waals surface area contributed by atoms with E-state index in [1.165, 1.54) is 12.0 Å². The van der Waals surface area contributed by atoms with Gasteiger partial charge in [0, 0.05) is 6.54 Å². The Hall–Kier alpha value is -2.32. The third kappa shape index (κ3) is 7.07. The highest BCUT2D eigenvalue weighted by atomic mass is 16.6. The molecule has 0 aliphatic carbocycles. The number of ether oxygens (including phenoxy) is 2. The summed E-state index contributed by atoms with van der Waals surface area (Å²) in [6.45, 7) is 8.99. The fourth-order valence-corrected chi connectivity index (χ4v) is 2.70. The van der Waals surface area contributed by atoms with E-state index in [2.05, 4.69) is 15.4 Å². The molecule has 9 nitrogen and oxygen atoms in total. The molecule has 0 aromatic rings. The predicted molar refractivity (Wildman–Crippen MR) is 97.8 cm³/mol. The number of carbonyl (C=O) groups is 4. The van der Waals surface area contributed by atoms with Crippen molar-refractivity contribution >= 4 is 23.9 Å². The van der Waals surface area contributed by atoms with Crippen molar-refractivity contribution in [1.82, 2.24) is 15.5 Å². The molecular formula is C18H31N3O6. The number of carbonyl (C=O) groups excluding carboxylic acids is 4. The lowest BCUT2D eigenvalue weighted by Gasteiger charge is -2.29. The third-order valence-electron chi connectivity index (χ3n) is 4.06. The first-order chi connectivity index (χ1) is 12.5. The molecule has 0 spiro atoms. The number of amides is 3. The van der Waals surface area contributed by atoms with Gasteiger partial charge >= 0.3 is 12.1 Å². The van der Waals surface area contributed by atoms with E-state index in [0.29, 0.717) is 19.4 Å². The van der Waals surface area contributed by atoms with Gasteiger partial charge in [-0.3, -0.25) is 19.3 Å². The van der Waals surface area contributed by atoms with Crippen LogP contribution in [-0.2, 0) is 23.9 Å². The van der Waals surface area contributed by atoms with E-state index in [1.807, 2.05) is 0 Å². The third-order valence-corrected chi connectivity index (χ3v) is 4.06. The molecule has 0 aromatic carbocycles. The van der Waals surface area contributed by atoms with Gasteiger partial charge in [-0.25, -0.2) is 4.79 Å². The van der Waals surface area contributed by atoms with Crippen molar-refractivity contribution in [1.29, 1.82) is 0 Å². The van der Waals surface area contributed by atoms with Gasteiger partial charge in [0.15, 0.2) is 0 Å². The zero-order valence-corrected chi connectivity index (χ0v) is 17.0. The molecule has 0 unspecified atom stereocenters. The van der Waals surface area contributed by atoms with Crippen LogP contribution >= 0.6 is 0 Å². The topological polar surface area (TPSA) is 114 Å². The molecule has 1 rings (SSSR count). The lowest BCUT2D eigenvalue weighted by atomic mass is 10.0. The quantitative estimate of drug-likeness (QED) is 0.654. The molecule has 1 aliphatic heterocycles. The van der Waals surface area contributed by atoms with Gasteiger partial charge in [0.1, 0.15) is 24.2 Å². The molecule has 27 heavy (non-hydrogen) atoms. The molecule has 9 heteroatoms. The lowest BCUT2D eigenvalue weighted by molar-refractivity contribution is -0.141. The molecule has 2 N–H and O–H groups in total. The van der Waals surface area contributed by atoms with E-state index < -0.39 is 41.6 Å². The molecule has 0 radical (unpaired) electrons. The summed E-state index contributed by atoms with van der Waals surface area (Å²) in [5, 5.41) is 5.14. The van der Waals surface area contributed by atoms with E-state index in [4.69, 9.17) is 4.74 Å². The fraction of sp³-hybridized carbons (Fsp3) is 0.778. The zero-order chi connectivity index (χ0) is 20.8. The van der Waals surface area contributed by atoms with Crippen LogP contribution in [0, 0.1) is 5.92 Å². The molecule has 1 fully saturated rings. The largest absolute Gasteiger partial charge is 0.468 e. The molecule has 1 saturated heterocycles. The second-order valence-electron chi connectivity index (χ2n) is 7.86. The molecule has 0 saturated carbocycles. The highest BCUT2D eigenvalue weighted by molar-refractivity contribution is 5.92. The van der Waals surface area contributed by atoms with Crippen molar-refractivity contribution < 1.29 is 28.7 Å². The van der Waals surface area contributed by atoms with Gasteiger partial charge in [-0.05, 0) is 39.5 Å². The summed E-state index contributed by atoms with van der Waals surface area (Å²) in [7, 11) is 1.22. The van der Waals surface area contributed by atoms with Crippen molar-refractivity contribution in [2.75, 3.05) is 20.2 Å². The first-order valence-electron chi connectivity index (χ1n) is 9.10. The van der Waals surface area contributed by atoms with Crippen molar-refractivity contribution in [3.05, 3.63) is 0 Å². The minimum atomic E-state index is -0.830. The van der Waals surface area contributed by atoms with Crippen LogP contribution in [0.3, 0.4) is 0 Å². The Morgan fingerprint density at radius 1 is 1.19 bits per heavy atom. The van der Waals surface area contributed by atoms with Crippen molar-refractivity contribution in [3.8, 4) is 0 Å². The number of hydrogen-bond donors (Lipinski definition) is 2. The van der Waals surface area contributed by atoms with Crippen LogP contribution < -0.4 is 10.6 Å². The second-order valence-corrected chi connectivity index (χ2v) is 7.86. The summed E-state index contributed by atoms with van der Waals surface area (Å²) in [5.41, 5.74) is -0.658. The maximum absolute atomic E-state index is 12.7. The van der Waals surface area contributed by atoms with Crippen LogP contribution in [0.15, 0.2) is 0 Å². The normalized spacial score (nSPS) is 18.0. The van der Waals surface area contributed by atoms with Crippen LogP contribution in [0.5, 0.6) is 0 Å². The van der Waals surface area contributed by atoms with Crippen LogP contribution in [0.25, 0.3) is 0 Å². The Balaban J connectivity index is 2.75. The number of nitrogens with one attached hydrogen (secondary N) is 2. The van der Waals surface area contributed by atoms with Crippen LogP contribution in [-0.4, -0.2) is 66.7 Å². The SMILES string of the molecule is COC(=O)CNC(=O)[C@H](NC(=O)[C@H]1CCCN1C(=O)OC(C)(C)C)C(C)C. The van der Waals surface area contributed by atoms with Crippen LogP contribution in [0.2, 0.25) is 0 Å². The molecule has 1 heterocycles. The number of esters is 1. The number of nitrogens with zero attached hydrogens (tertiary/aromatic N) is 1. The van der Waals surface area contributed by atoms with Gasteiger partial charge in [0.2, 0.25) is 11.8 Å². The van der Waals surface area contributed by atoms with Crippen LogP contribution in [0.4, 0.5) is 4.79 Å². The Kier molecular flexibility index (Phi) is 8.05. The average Bonchev–Trinajstić information content (AvgIpc) is 3.05. The number of methoxy groups -OCH3 is 1. The second kappa shape index (κ2) is 9.57. The highest BCUT2D eigenvalue weighted by Crippen LogP contribution is 2.21. The number of hydrogen-bond acceptors (Lipinski definition) is 6. The number of rotatable bonds is 6. The van der Waals surface area contributed by atoms with E-state index in [9.17, 15) is 19.2 Å². The fourth-order valence-electron chi connectivity index (χ4n) is 2.70. The summed E-state index contributed by atoms with van der Waals surface area (Å²) < 4.78 is 9.84. The lowest BCUT2D eigenvalue weighted by Crippen LogP contribution is -2.55. The maximum atomic E-state index is 12.7. The van der Waals surface area contributed by atoms with E-state index in [1.54, 1.807) is 34.6 Å². The van der Waals surface area contributed by atoms with E-state index >= 15 is 0 Å². The standard InChI is InChI=1S/C18H31N3O6/c1-11(2)14(16(24)19-10-13(22)26-6)20-15(23)12-8-7-9-21(12)17(25)27-18(3,4)5/h11-12,14H,7-10H2,1-6H3,(H,19,24)(H,20,23)/t12-,14-/m1/s1. The van der Waals surface area contributed by atoms with Gasteiger partial charge in [0.25, 0.3) is 0 Å². The molecule has 3 amide bonds. The minimum absolute atomic E-state index is 0.206. The molecule has 0 bridgehead atoms. The maximum Gasteiger partial charge on any atom is 0.410 e. The van der Waals surface area contributed by atoms with E-state index in [0.717, 1.165) is 0 Å². The molecular weight excluding hydrogens is 354 g/mol. The summed E-state index contributed by atoms with van der Waals surface area (Å²) in [5.74, 6) is -1.68. The monoisotopic (exact) mass is 385 g/mol. The smallest absolute Gasteiger partial charge is 0.410 e. The first-order valence-corrected chi connectivity index (χ1v) is 9.10. The molecule has 0 aromatic heterocycles. The Labute approximate surface area is 160 Å². The Morgan fingerprint density at radius 3 is 2.33 bits per heavy atom. The predicted octanol–water partition coefficient (Wildman–Crippen LogP) is 0.816. The Bertz CT molecular complexity index is 570. The first kappa shape index (κ1) is 22.7. The van der Waals surface area contributed by atoms with Gasteiger partial charge in [0.05, 0.1) is 7.11 Å². The zero-order valence-electron chi connectivity index (χ0n) is 17.0. The minimum Gasteiger partial charge on any atom is -0.468 e. The van der Waals surface area contributed by atoms with Gasteiger partial charge in [-0.1, -0.05) is 13.8 Å². The molecule has 1 aliphatic rings. The Morgan fingerprint density at radius 2 is 1.81 bits per heavy atom. The highest BCUT2D eigenvalue weighted by Gasteiger charge is 2.38. The summed E-state index contributed by atoms with van der Waals surface area (Å²) >= 11 is 0. The van der Waals surface area contributed by atoms with Gasteiger partial charge in [-0.15, -0.1) is 0 Å². The molecule has 154 valence electrons.